The van der Waals surface area contributed by atoms with Gasteiger partial charge in [0.2, 0.25) is 0 Å². The highest BCUT2D eigenvalue weighted by Gasteiger charge is 2.06. The summed E-state index contributed by atoms with van der Waals surface area (Å²) in [6.45, 7) is 0.503. The molecule has 0 unspecified atom stereocenters. The molecule has 4 heteroatoms. The maximum Gasteiger partial charge on any atom is 0.335 e. The molecule has 1 N–H and O–H groups in total. The van der Waals surface area contributed by atoms with Crippen LogP contribution >= 0.6 is 15.9 Å². The van der Waals surface area contributed by atoms with E-state index in [1.54, 1.807) is 18.2 Å². The molecule has 0 aliphatic rings. The molecule has 3 rings (SSSR count). The van der Waals surface area contributed by atoms with Gasteiger partial charge in [0, 0.05) is 10.0 Å². The lowest BCUT2D eigenvalue weighted by Crippen LogP contribution is -1.96. The van der Waals surface area contributed by atoms with Crippen molar-refractivity contribution >= 4 is 34.1 Å². The lowest BCUT2D eigenvalue weighted by molar-refractivity contribution is 0.0697. The number of hydrogen-bond acceptors (Lipinski definition) is 2. The number of benzene rings is 3. The van der Waals surface area contributed by atoms with E-state index >= 15 is 0 Å². The molecule has 0 radical (unpaired) electrons. The van der Waals surface area contributed by atoms with E-state index < -0.39 is 5.97 Å². The molecule has 0 heterocycles. The van der Waals surface area contributed by atoms with Crippen LogP contribution in [0.5, 0.6) is 5.75 Å². The summed E-state index contributed by atoms with van der Waals surface area (Å²) < 4.78 is 6.68. The topological polar surface area (TPSA) is 46.5 Å². The quantitative estimate of drug-likeness (QED) is 0.516. The van der Waals surface area contributed by atoms with Crippen molar-refractivity contribution in [2.24, 2.45) is 0 Å². The van der Waals surface area contributed by atoms with E-state index in [1.807, 2.05) is 66.7 Å². The lowest BCUT2D eigenvalue weighted by atomic mass is 10.1. The van der Waals surface area contributed by atoms with Gasteiger partial charge in [-0.15, -0.1) is 0 Å². The first-order valence-corrected chi connectivity index (χ1v) is 8.89. The van der Waals surface area contributed by atoms with Gasteiger partial charge in [-0.25, -0.2) is 4.79 Å². The molecular formula is C22H17BrO3. The summed E-state index contributed by atoms with van der Waals surface area (Å²) in [5.74, 6) is -0.147. The average molecular weight is 409 g/mol. The molecular weight excluding hydrogens is 392 g/mol. The minimum atomic E-state index is -0.944. The molecule has 0 saturated heterocycles. The fourth-order valence-corrected chi connectivity index (χ4v) is 2.97. The fourth-order valence-electron chi connectivity index (χ4n) is 2.46. The maximum atomic E-state index is 11.0. The predicted octanol–water partition coefficient (Wildman–Crippen LogP) is 5.90. The molecule has 0 bridgehead atoms. The molecule has 130 valence electrons. The number of carboxylic acid groups (broad SMARTS) is 1. The molecule has 0 atom stereocenters. The van der Waals surface area contributed by atoms with Gasteiger partial charge >= 0.3 is 5.97 Å². The van der Waals surface area contributed by atoms with Gasteiger partial charge in [-0.05, 0) is 29.3 Å². The highest BCUT2D eigenvalue weighted by molar-refractivity contribution is 9.10. The second-order valence-corrected chi connectivity index (χ2v) is 6.54. The van der Waals surface area contributed by atoms with Gasteiger partial charge in [0.25, 0.3) is 0 Å². The normalized spacial score (nSPS) is 10.8. The SMILES string of the molecule is O=C(O)c1ccc(/C=C/c2ccccc2OCc2ccccc2)c(Br)c1. The van der Waals surface area contributed by atoms with Crippen LogP contribution in [-0.4, -0.2) is 11.1 Å². The van der Waals surface area contributed by atoms with Gasteiger partial charge in [-0.1, -0.05) is 82.7 Å². The average Bonchev–Trinajstić information content (AvgIpc) is 2.66. The van der Waals surface area contributed by atoms with Crippen molar-refractivity contribution in [1.29, 1.82) is 0 Å². The molecule has 0 spiro atoms. The van der Waals surface area contributed by atoms with Crippen LogP contribution in [-0.2, 0) is 6.61 Å². The number of carbonyl (C=O) groups is 1. The van der Waals surface area contributed by atoms with Crippen molar-refractivity contribution in [3.63, 3.8) is 0 Å². The molecule has 0 amide bonds. The van der Waals surface area contributed by atoms with E-state index in [0.29, 0.717) is 6.61 Å². The smallest absolute Gasteiger partial charge is 0.335 e. The number of hydrogen-bond donors (Lipinski definition) is 1. The lowest BCUT2D eigenvalue weighted by Gasteiger charge is -2.09. The van der Waals surface area contributed by atoms with E-state index in [0.717, 1.165) is 26.9 Å². The number of rotatable bonds is 6. The van der Waals surface area contributed by atoms with Gasteiger partial charge < -0.3 is 9.84 Å². The Morgan fingerprint density at radius 2 is 1.62 bits per heavy atom. The minimum absolute atomic E-state index is 0.251. The van der Waals surface area contributed by atoms with Crippen LogP contribution in [0.25, 0.3) is 12.2 Å². The van der Waals surface area contributed by atoms with Crippen LogP contribution in [0.15, 0.2) is 77.3 Å². The summed E-state index contributed by atoms with van der Waals surface area (Å²) in [7, 11) is 0. The summed E-state index contributed by atoms with van der Waals surface area (Å²) in [6.07, 6.45) is 3.89. The Balaban J connectivity index is 1.77. The first-order valence-electron chi connectivity index (χ1n) is 8.10. The van der Waals surface area contributed by atoms with Crippen molar-refractivity contribution in [3.05, 3.63) is 99.5 Å². The first kappa shape index (κ1) is 18.0. The summed E-state index contributed by atoms with van der Waals surface area (Å²) in [6, 6.07) is 22.8. The molecule has 0 aliphatic heterocycles. The van der Waals surface area contributed by atoms with Gasteiger partial charge in [-0.3, -0.25) is 0 Å². The van der Waals surface area contributed by atoms with E-state index in [4.69, 9.17) is 9.84 Å². The van der Waals surface area contributed by atoms with Crippen molar-refractivity contribution in [2.75, 3.05) is 0 Å². The fraction of sp³-hybridized carbons (Fsp3) is 0.0455. The number of carboxylic acids is 1. The Morgan fingerprint density at radius 3 is 2.35 bits per heavy atom. The highest BCUT2D eigenvalue weighted by atomic mass is 79.9. The van der Waals surface area contributed by atoms with Crippen LogP contribution in [0.1, 0.15) is 27.0 Å². The van der Waals surface area contributed by atoms with Crippen LogP contribution < -0.4 is 4.74 Å². The zero-order valence-electron chi connectivity index (χ0n) is 13.9. The number of halogens is 1. The number of para-hydroxylation sites is 1. The molecule has 0 saturated carbocycles. The van der Waals surface area contributed by atoms with Crippen molar-refractivity contribution in [2.45, 2.75) is 6.61 Å². The van der Waals surface area contributed by atoms with E-state index in [2.05, 4.69) is 15.9 Å². The Kier molecular flexibility index (Phi) is 5.87. The predicted molar refractivity (Wildman–Crippen MR) is 107 cm³/mol. The molecule has 26 heavy (non-hydrogen) atoms. The van der Waals surface area contributed by atoms with Crippen LogP contribution in [0.4, 0.5) is 0 Å². The summed E-state index contributed by atoms with van der Waals surface area (Å²) in [5, 5.41) is 9.04. The third-order valence-corrected chi connectivity index (χ3v) is 4.53. The Morgan fingerprint density at radius 1 is 0.923 bits per heavy atom. The zero-order valence-corrected chi connectivity index (χ0v) is 15.5. The molecule has 3 nitrogen and oxygen atoms in total. The van der Waals surface area contributed by atoms with Gasteiger partial charge in [0.05, 0.1) is 5.56 Å². The molecule has 0 aromatic heterocycles. The Hall–Kier alpha value is -2.85. The Labute approximate surface area is 160 Å². The highest BCUT2D eigenvalue weighted by Crippen LogP contribution is 2.25. The number of ether oxygens (including phenoxy) is 1. The molecule has 3 aromatic carbocycles. The van der Waals surface area contributed by atoms with Crippen molar-refractivity contribution in [1.82, 2.24) is 0 Å². The zero-order chi connectivity index (χ0) is 18.4. The second kappa shape index (κ2) is 8.50. The molecule has 3 aromatic rings. The van der Waals surface area contributed by atoms with Crippen LogP contribution in [0, 0.1) is 0 Å². The number of aromatic carboxylic acids is 1. The van der Waals surface area contributed by atoms with Gasteiger partial charge in [0.1, 0.15) is 12.4 Å². The maximum absolute atomic E-state index is 11.0. The van der Waals surface area contributed by atoms with Crippen LogP contribution in [0.2, 0.25) is 0 Å². The van der Waals surface area contributed by atoms with Crippen molar-refractivity contribution < 1.29 is 14.6 Å². The standard InChI is InChI=1S/C22H17BrO3/c23-20-14-19(22(24)25)13-11-17(20)10-12-18-8-4-5-9-21(18)26-15-16-6-2-1-3-7-16/h1-14H,15H2,(H,24,25)/b12-10+. The molecule has 0 fully saturated rings. The molecule has 0 aliphatic carbocycles. The summed E-state index contributed by atoms with van der Waals surface area (Å²) in [5.41, 5.74) is 3.21. The van der Waals surface area contributed by atoms with Gasteiger partial charge in [0.15, 0.2) is 0 Å². The third kappa shape index (κ3) is 4.61. The largest absolute Gasteiger partial charge is 0.488 e. The van der Waals surface area contributed by atoms with E-state index in [1.165, 1.54) is 0 Å². The monoisotopic (exact) mass is 408 g/mol. The van der Waals surface area contributed by atoms with Crippen molar-refractivity contribution in [3.8, 4) is 5.75 Å². The van der Waals surface area contributed by atoms with Crippen LogP contribution in [0.3, 0.4) is 0 Å². The summed E-state index contributed by atoms with van der Waals surface area (Å²) in [4.78, 5) is 11.0. The Bertz CT molecular complexity index is 933. The third-order valence-electron chi connectivity index (χ3n) is 3.85. The van der Waals surface area contributed by atoms with E-state index in [-0.39, 0.29) is 5.56 Å². The summed E-state index contributed by atoms with van der Waals surface area (Å²) >= 11 is 3.42. The second-order valence-electron chi connectivity index (χ2n) is 5.69. The van der Waals surface area contributed by atoms with E-state index in [9.17, 15) is 4.79 Å². The first-order chi connectivity index (χ1) is 12.6. The van der Waals surface area contributed by atoms with Gasteiger partial charge in [-0.2, -0.15) is 0 Å². The minimum Gasteiger partial charge on any atom is -0.488 e.